The Morgan fingerprint density at radius 1 is 1.27 bits per heavy atom. The van der Waals surface area contributed by atoms with Crippen molar-refractivity contribution in [3.63, 3.8) is 0 Å². The van der Waals surface area contributed by atoms with E-state index in [2.05, 4.69) is 9.97 Å². The van der Waals surface area contributed by atoms with Crippen molar-refractivity contribution >= 4 is 16.9 Å². The molecule has 0 N–H and O–H groups in total. The number of nitrogens with zero attached hydrogens (tertiary/aromatic N) is 5. The van der Waals surface area contributed by atoms with Crippen LogP contribution in [-0.4, -0.2) is 49.6 Å². The quantitative estimate of drug-likeness (QED) is 0.722. The van der Waals surface area contributed by atoms with Crippen LogP contribution in [0.1, 0.15) is 23.4 Å². The van der Waals surface area contributed by atoms with E-state index in [-0.39, 0.29) is 12.0 Å². The summed E-state index contributed by atoms with van der Waals surface area (Å²) >= 11 is 0. The Labute approximate surface area is 152 Å². The fraction of sp³-hybridized carbons (Fsp3) is 0.421. The maximum absolute atomic E-state index is 12.9. The molecule has 1 atom stereocenters. The molecule has 1 aliphatic heterocycles. The molecule has 1 aliphatic rings. The number of morpholine rings is 1. The Balaban J connectivity index is 1.52. The van der Waals surface area contributed by atoms with E-state index in [4.69, 9.17) is 4.74 Å². The highest BCUT2D eigenvalue weighted by Gasteiger charge is 2.28. The number of aryl methyl sites for hydroxylation is 3. The Morgan fingerprint density at radius 2 is 2.08 bits per heavy atom. The second kappa shape index (κ2) is 6.57. The Kier molecular flexibility index (Phi) is 4.24. The summed E-state index contributed by atoms with van der Waals surface area (Å²) in [5.41, 5.74) is 2.86. The van der Waals surface area contributed by atoms with Crippen LogP contribution in [0.3, 0.4) is 0 Å². The number of hydrogen-bond donors (Lipinski definition) is 0. The lowest BCUT2D eigenvalue weighted by molar-refractivity contribution is -0.140. The van der Waals surface area contributed by atoms with E-state index in [1.165, 1.54) is 0 Å². The van der Waals surface area contributed by atoms with Crippen LogP contribution in [0.15, 0.2) is 30.5 Å². The zero-order valence-electron chi connectivity index (χ0n) is 15.3. The van der Waals surface area contributed by atoms with E-state index in [1.54, 1.807) is 0 Å². The molecule has 2 aromatic heterocycles. The predicted octanol–water partition coefficient (Wildman–Crippen LogP) is 1.99. The molecule has 0 spiro atoms. The monoisotopic (exact) mass is 353 g/mol. The molecular formula is C19H23N5O2. The molecule has 0 unspecified atom stereocenters. The van der Waals surface area contributed by atoms with Gasteiger partial charge in [-0.05, 0) is 26.0 Å². The van der Waals surface area contributed by atoms with Gasteiger partial charge in [-0.3, -0.25) is 4.79 Å². The van der Waals surface area contributed by atoms with Gasteiger partial charge in [-0.2, -0.15) is 0 Å². The number of carbonyl (C=O) groups excluding carboxylic acids is 1. The summed E-state index contributed by atoms with van der Waals surface area (Å²) in [4.78, 5) is 23.9. The minimum atomic E-state index is -0.188. The average Bonchev–Trinajstić information content (AvgIpc) is 3.14. The molecule has 1 saturated heterocycles. The van der Waals surface area contributed by atoms with Gasteiger partial charge in [-0.25, -0.2) is 9.97 Å². The van der Waals surface area contributed by atoms with Crippen molar-refractivity contribution in [2.24, 2.45) is 7.05 Å². The number of para-hydroxylation sites is 2. The molecule has 26 heavy (non-hydrogen) atoms. The number of carbonyl (C=O) groups is 1. The van der Waals surface area contributed by atoms with Gasteiger partial charge in [0.05, 0.1) is 29.9 Å². The lowest BCUT2D eigenvalue weighted by atomic mass is 10.2. The van der Waals surface area contributed by atoms with Gasteiger partial charge in [-0.15, -0.1) is 0 Å². The molecule has 1 fully saturated rings. The highest BCUT2D eigenvalue weighted by molar-refractivity contribution is 5.81. The Morgan fingerprint density at radius 3 is 2.85 bits per heavy atom. The molecular weight excluding hydrogens is 330 g/mol. The molecule has 4 rings (SSSR count). The molecule has 0 saturated carbocycles. The normalized spacial score (nSPS) is 17.8. The van der Waals surface area contributed by atoms with Crippen LogP contribution in [0.4, 0.5) is 0 Å². The van der Waals surface area contributed by atoms with Gasteiger partial charge in [0.25, 0.3) is 0 Å². The van der Waals surface area contributed by atoms with Crippen LogP contribution >= 0.6 is 0 Å². The average molecular weight is 353 g/mol. The summed E-state index contributed by atoms with van der Waals surface area (Å²) in [5.74, 6) is 1.80. The van der Waals surface area contributed by atoms with Crippen LogP contribution in [0.2, 0.25) is 0 Å². The summed E-state index contributed by atoms with van der Waals surface area (Å²) in [6, 6.07) is 7.90. The molecule has 1 aromatic carbocycles. The first kappa shape index (κ1) is 16.8. The number of fused-ring (bicyclic) bond motifs is 1. The van der Waals surface area contributed by atoms with Gasteiger partial charge in [0, 0.05) is 19.8 Å². The van der Waals surface area contributed by atoms with E-state index >= 15 is 0 Å². The summed E-state index contributed by atoms with van der Waals surface area (Å²) in [6.07, 6.45) is 1.78. The van der Waals surface area contributed by atoms with Gasteiger partial charge >= 0.3 is 0 Å². The third-order valence-electron chi connectivity index (χ3n) is 4.88. The van der Waals surface area contributed by atoms with E-state index in [9.17, 15) is 4.79 Å². The fourth-order valence-corrected chi connectivity index (χ4v) is 3.60. The summed E-state index contributed by atoms with van der Waals surface area (Å²) in [6.45, 7) is 5.83. The third kappa shape index (κ3) is 2.99. The topological polar surface area (TPSA) is 65.2 Å². The zero-order valence-corrected chi connectivity index (χ0v) is 15.3. The summed E-state index contributed by atoms with van der Waals surface area (Å²) in [7, 11) is 1.96. The van der Waals surface area contributed by atoms with Crippen molar-refractivity contribution in [1.82, 2.24) is 24.0 Å². The van der Waals surface area contributed by atoms with Gasteiger partial charge in [-0.1, -0.05) is 12.1 Å². The minimum Gasteiger partial charge on any atom is -0.367 e. The van der Waals surface area contributed by atoms with Crippen molar-refractivity contribution in [3.05, 3.63) is 47.8 Å². The smallest absolute Gasteiger partial charge is 0.242 e. The molecule has 1 amide bonds. The van der Waals surface area contributed by atoms with Gasteiger partial charge in [0.1, 0.15) is 24.3 Å². The van der Waals surface area contributed by atoms with Crippen LogP contribution in [0.5, 0.6) is 0 Å². The van der Waals surface area contributed by atoms with Crippen molar-refractivity contribution in [3.8, 4) is 0 Å². The first-order valence-electron chi connectivity index (χ1n) is 8.84. The van der Waals surface area contributed by atoms with Crippen LogP contribution in [-0.2, 0) is 23.1 Å². The molecule has 0 radical (unpaired) electrons. The van der Waals surface area contributed by atoms with E-state index in [0.717, 1.165) is 28.4 Å². The van der Waals surface area contributed by atoms with Crippen LogP contribution < -0.4 is 0 Å². The molecule has 7 nitrogen and oxygen atoms in total. The van der Waals surface area contributed by atoms with Crippen molar-refractivity contribution in [2.45, 2.75) is 26.5 Å². The van der Waals surface area contributed by atoms with E-state index in [0.29, 0.717) is 26.2 Å². The first-order chi connectivity index (χ1) is 12.5. The summed E-state index contributed by atoms with van der Waals surface area (Å²) in [5, 5.41) is 0. The number of rotatable bonds is 3. The molecule has 0 bridgehead atoms. The largest absolute Gasteiger partial charge is 0.367 e. The Hall–Kier alpha value is -2.67. The number of amides is 1. The number of benzene rings is 1. The second-order valence-corrected chi connectivity index (χ2v) is 6.78. The highest BCUT2D eigenvalue weighted by atomic mass is 16.5. The van der Waals surface area contributed by atoms with Crippen molar-refractivity contribution < 1.29 is 9.53 Å². The standard InChI is InChI=1S/C19H23N5O2/c1-13-10-22(3)19(20-13)17-11-23(8-9-26-17)18(25)12-24-14(2)21-15-6-4-5-7-16(15)24/h4-7,10,17H,8-9,11-12H2,1-3H3/t17-/m0/s1. The van der Waals surface area contributed by atoms with Crippen molar-refractivity contribution in [1.29, 1.82) is 0 Å². The van der Waals surface area contributed by atoms with Gasteiger partial charge < -0.3 is 18.8 Å². The SMILES string of the molecule is Cc1cn(C)c([C@@H]2CN(C(=O)Cn3c(C)nc4ccccc43)CCO2)n1. The van der Waals surface area contributed by atoms with Crippen LogP contribution in [0, 0.1) is 13.8 Å². The lowest BCUT2D eigenvalue weighted by Gasteiger charge is -2.32. The van der Waals surface area contributed by atoms with E-state index < -0.39 is 0 Å². The minimum absolute atomic E-state index is 0.0792. The number of ether oxygens (including phenoxy) is 1. The second-order valence-electron chi connectivity index (χ2n) is 6.78. The van der Waals surface area contributed by atoms with Crippen molar-refractivity contribution in [2.75, 3.05) is 19.7 Å². The van der Waals surface area contributed by atoms with Gasteiger partial charge in [0.2, 0.25) is 5.91 Å². The molecule has 3 heterocycles. The Bertz CT molecular complexity index is 958. The summed E-state index contributed by atoms with van der Waals surface area (Å²) < 4.78 is 9.82. The fourth-order valence-electron chi connectivity index (χ4n) is 3.60. The molecule has 3 aromatic rings. The molecule has 136 valence electrons. The zero-order chi connectivity index (χ0) is 18.3. The molecule has 7 heteroatoms. The molecule has 0 aliphatic carbocycles. The maximum Gasteiger partial charge on any atom is 0.242 e. The maximum atomic E-state index is 12.9. The third-order valence-corrected chi connectivity index (χ3v) is 4.88. The van der Waals surface area contributed by atoms with Gasteiger partial charge in [0.15, 0.2) is 0 Å². The number of imidazole rings is 2. The van der Waals surface area contributed by atoms with E-state index in [1.807, 2.05) is 65.4 Å². The predicted molar refractivity (Wildman–Crippen MR) is 97.7 cm³/mol. The number of aromatic nitrogens is 4. The number of hydrogen-bond acceptors (Lipinski definition) is 4. The first-order valence-corrected chi connectivity index (χ1v) is 8.84. The highest BCUT2D eigenvalue weighted by Crippen LogP contribution is 2.22. The van der Waals surface area contributed by atoms with Crippen LogP contribution in [0.25, 0.3) is 11.0 Å². The lowest BCUT2D eigenvalue weighted by Crippen LogP contribution is -2.44.